The third-order valence-electron chi connectivity index (χ3n) is 6.35. The quantitative estimate of drug-likeness (QED) is 0.265. The van der Waals surface area contributed by atoms with Gasteiger partial charge < -0.3 is 4.74 Å². The minimum atomic E-state index is -0.344. The maximum absolute atomic E-state index is 13.3. The number of ether oxygens (including phenoxy) is 1. The van der Waals surface area contributed by atoms with E-state index in [2.05, 4.69) is 30.8 Å². The van der Waals surface area contributed by atoms with Crippen molar-refractivity contribution in [1.82, 2.24) is 14.1 Å². The number of fused-ring (bicyclic) bond motifs is 3. The van der Waals surface area contributed by atoms with Gasteiger partial charge in [0.05, 0.1) is 19.6 Å². The molecule has 1 aliphatic carbocycles. The zero-order valence-electron chi connectivity index (χ0n) is 17.7. The molecule has 0 saturated heterocycles. The van der Waals surface area contributed by atoms with Gasteiger partial charge in [0.25, 0.3) is 0 Å². The van der Waals surface area contributed by atoms with Crippen molar-refractivity contribution in [2.24, 2.45) is 0 Å². The molecule has 0 amide bonds. The maximum atomic E-state index is 13.3. The Kier molecular flexibility index (Phi) is 4.88. The lowest BCUT2D eigenvalue weighted by molar-refractivity contribution is -0.657. The van der Waals surface area contributed by atoms with Crippen LogP contribution < -0.4 is 20.2 Å². The van der Waals surface area contributed by atoms with Gasteiger partial charge in [0.1, 0.15) is 11.3 Å². The molecule has 3 heterocycles. The molecule has 0 bridgehead atoms. The Morgan fingerprint density at radius 3 is 2.61 bits per heavy atom. The topological polar surface area (TPSA) is 82.0 Å². The highest BCUT2D eigenvalue weighted by atomic mass is 79.9. The van der Waals surface area contributed by atoms with E-state index in [0.717, 1.165) is 36.5 Å². The summed E-state index contributed by atoms with van der Waals surface area (Å²) in [6.07, 6.45) is 4.64. The molecule has 31 heavy (non-hydrogen) atoms. The lowest BCUT2D eigenvalue weighted by Crippen LogP contribution is -2.43. The second-order valence-corrected chi connectivity index (χ2v) is 9.16. The molecule has 8 nitrogen and oxygen atoms in total. The number of benzene rings is 1. The summed E-state index contributed by atoms with van der Waals surface area (Å²) in [5, 5.41) is 3.71. The van der Waals surface area contributed by atoms with Crippen LogP contribution in [0.2, 0.25) is 0 Å². The standard InChI is InChI=1S/C22H24BrN5O3/c1-3-26-19(30)17-18(28-13-22(25-21(26)28)10-4-5-11-22)27(20(23)24-17)12-15-6-8-16(9-7-15)31-14(2)29/h6-9H,3-5,10-13H2,1-2H3/p+1. The molecule has 0 unspecified atom stereocenters. The first-order valence-corrected chi connectivity index (χ1v) is 11.5. The predicted octanol–water partition coefficient (Wildman–Crippen LogP) is 2.98. The van der Waals surface area contributed by atoms with Crippen molar-refractivity contribution in [3.63, 3.8) is 0 Å². The second kappa shape index (κ2) is 7.47. The fraction of sp³-hybridized carbons (Fsp3) is 0.455. The summed E-state index contributed by atoms with van der Waals surface area (Å²) in [5.74, 6) is 1.05. The Hall–Kier alpha value is -2.68. The van der Waals surface area contributed by atoms with E-state index >= 15 is 0 Å². The molecule has 9 heteroatoms. The summed E-state index contributed by atoms with van der Waals surface area (Å²) in [7, 11) is 0. The number of anilines is 1. The average molecular weight is 487 g/mol. The summed E-state index contributed by atoms with van der Waals surface area (Å²) in [4.78, 5) is 29.0. The lowest BCUT2D eigenvalue weighted by atomic mass is 9.99. The molecule has 2 aliphatic rings. The molecule has 5 rings (SSSR count). The van der Waals surface area contributed by atoms with Crippen molar-refractivity contribution < 1.29 is 14.1 Å². The van der Waals surface area contributed by atoms with Crippen molar-refractivity contribution in [2.75, 3.05) is 5.32 Å². The van der Waals surface area contributed by atoms with Gasteiger partial charge in [0.15, 0.2) is 0 Å². The van der Waals surface area contributed by atoms with Crippen LogP contribution in [0.25, 0.3) is 11.2 Å². The lowest BCUT2D eigenvalue weighted by Gasteiger charge is -2.18. The molecule has 162 valence electrons. The van der Waals surface area contributed by atoms with Gasteiger partial charge >= 0.3 is 17.5 Å². The van der Waals surface area contributed by atoms with Crippen molar-refractivity contribution in [3.05, 3.63) is 44.9 Å². The van der Waals surface area contributed by atoms with Crippen LogP contribution in [0.5, 0.6) is 5.75 Å². The molecule has 1 aromatic carbocycles. The number of nitrogens with one attached hydrogen (secondary N) is 1. The number of carbonyl (C=O) groups is 1. The smallest absolute Gasteiger partial charge is 0.327 e. The third-order valence-corrected chi connectivity index (χ3v) is 6.95. The molecular formula is C22H25BrN5O3+. The van der Waals surface area contributed by atoms with Gasteiger partial charge in [-0.3, -0.25) is 14.9 Å². The SMILES string of the molecule is CCn1c2[n+](c3c(nc(Br)n3Cc3ccc(OC(C)=O)cc3)c1=O)CC1(CCCC1)N2. The number of rotatable bonds is 4. The van der Waals surface area contributed by atoms with Crippen LogP contribution in [0.4, 0.5) is 5.95 Å². The first-order chi connectivity index (χ1) is 14.9. The molecule has 3 aromatic rings. The van der Waals surface area contributed by atoms with E-state index in [1.807, 2.05) is 23.6 Å². The zero-order chi connectivity index (χ0) is 21.8. The van der Waals surface area contributed by atoms with Crippen molar-refractivity contribution >= 4 is 39.0 Å². The summed E-state index contributed by atoms with van der Waals surface area (Å²) in [5.41, 5.74) is 2.28. The predicted molar refractivity (Wildman–Crippen MR) is 119 cm³/mol. The third kappa shape index (κ3) is 3.35. The number of nitrogens with zero attached hydrogens (tertiary/aromatic N) is 4. The van der Waals surface area contributed by atoms with Crippen LogP contribution in [-0.2, 0) is 24.4 Å². The average Bonchev–Trinajstić information content (AvgIpc) is 3.42. The van der Waals surface area contributed by atoms with E-state index in [-0.39, 0.29) is 17.1 Å². The van der Waals surface area contributed by atoms with Gasteiger partial charge in [-0.15, -0.1) is 0 Å². The summed E-state index contributed by atoms with van der Waals surface area (Å²) >= 11 is 3.58. The van der Waals surface area contributed by atoms with E-state index in [0.29, 0.717) is 29.1 Å². The van der Waals surface area contributed by atoms with Crippen molar-refractivity contribution in [2.45, 2.75) is 64.7 Å². The number of hydrogen-bond acceptors (Lipinski definition) is 5. The first-order valence-electron chi connectivity index (χ1n) is 10.7. The van der Waals surface area contributed by atoms with Gasteiger partial charge in [-0.1, -0.05) is 12.1 Å². The molecule has 0 radical (unpaired) electrons. The minimum Gasteiger partial charge on any atom is -0.427 e. The van der Waals surface area contributed by atoms with Crippen molar-refractivity contribution in [1.29, 1.82) is 0 Å². The van der Waals surface area contributed by atoms with Gasteiger partial charge in [-0.05, 0) is 50.3 Å². The number of esters is 1. The van der Waals surface area contributed by atoms with Gasteiger partial charge in [-0.2, -0.15) is 0 Å². The number of carbonyl (C=O) groups excluding carboxylic acids is 1. The molecule has 1 fully saturated rings. The van der Waals surface area contributed by atoms with E-state index in [1.54, 1.807) is 16.7 Å². The Morgan fingerprint density at radius 1 is 1.26 bits per heavy atom. The number of hydrogen-bond donors (Lipinski definition) is 1. The molecule has 0 atom stereocenters. The van der Waals surface area contributed by atoms with E-state index in [1.165, 1.54) is 19.8 Å². The van der Waals surface area contributed by atoms with Crippen LogP contribution >= 0.6 is 15.9 Å². The Balaban J connectivity index is 1.61. The van der Waals surface area contributed by atoms with Crippen LogP contribution in [0.15, 0.2) is 33.8 Å². The maximum Gasteiger partial charge on any atom is 0.327 e. The van der Waals surface area contributed by atoms with Crippen LogP contribution in [0, 0.1) is 0 Å². The Bertz CT molecular complexity index is 1240. The molecule has 1 saturated carbocycles. The second-order valence-electron chi connectivity index (χ2n) is 8.45. The molecule has 2 aromatic heterocycles. The number of aromatic nitrogens is 4. The fourth-order valence-electron chi connectivity index (χ4n) is 4.95. The zero-order valence-corrected chi connectivity index (χ0v) is 19.2. The van der Waals surface area contributed by atoms with Crippen LogP contribution in [0.3, 0.4) is 0 Å². The first kappa shape index (κ1) is 20.2. The summed E-state index contributed by atoms with van der Waals surface area (Å²) in [6, 6.07) is 7.40. The molecular weight excluding hydrogens is 462 g/mol. The van der Waals surface area contributed by atoms with Gasteiger partial charge in [0, 0.05) is 22.9 Å². The molecule has 1 N–H and O–H groups in total. The van der Waals surface area contributed by atoms with E-state index in [9.17, 15) is 9.59 Å². The monoisotopic (exact) mass is 486 g/mol. The largest absolute Gasteiger partial charge is 0.427 e. The van der Waals surface area contributed by atoms with Crippen molar-refractivity contribution in [3.8, 4) is 5.75 Å². The Labute approximate surface area is 188 Å². The Morgan fingerprint density at radius 2 is 1.97 bits per heavy atom. The van der Waals surface area contributed by atoms with E-state index in [4.69, 9.17) is 4.74 Å². The number of halogens is 1. The molecule has 1 spiro atoms. The fourth-order valence-corrected chi connectivity index (χ4v) is 5.42. The highest BCUT2D eigenvalue weighted by Gasteiger charge is 2.46. The minimum absolute atomic E-state index is 0.0257. The summed E-state index contributed by atoms with van der Waals surface area (Å²) in [6.45, 7) is 5.35. The van der Waals surface area contributed by atoms with Gasteiger partial charge in [0.2, 0.25) is 15.9 Å². The van der Waals surface area contributed by atoms with Crippen LogP contribution in [0.1, 0.15) is 45.1 Å². The van der Waals surface area contributed by atoms with Gasteiger partial charge in [-0.25, -0.2) is 18.7 Å². The summed E-state index contributed by atoms with van der Waals surface area (Å²) < 4.78 is 11.8. The normalized spacial score (nSPS) is 16.6. The highest BCUT2D eigenvalue weighted by Crippen LogP contribution is 2.37. The highest BCUT2D eigenvalue weighted by molar-refractivity contribution is 9.10. The molecule has 1 aliphatic heterocycles. The van der Waals surface area contributed by atoms with Crippen LogP contribution in [-0.4, -0.2) is 25.6 Å². The van der Waals surface area contributed by atoms with E-state index < -0.39 is 0 Å². The number of imidazole rings is 1.